The minimum atomic E-state index is -0.271. The van der Waals surface area contributed by atoms with Gasteiger partial charge in [-0.3, -0.25) is 0 Å². The highest BCUT2D eigenvalue weighted by molar-refractivity contribution is 8.67. The third-order valence-electron chi connectivity index (χ3n) is 1.74. The van der Waals surface area contributed by atoms with Crippen LogP contribution in [0.3, 0.4) is 0 Å². The summed E-state index contributed by atoms with van der Waals surface area (Å²) >= 11 is 4.01. The van der Waals surface area contributed by atoms with Gasteiger partial charge in [0.1, 0.15) is 0 Å². The number of hydrogen-bond acceptors (Lipinski definition) is 4. The highest BCUT2D eigenvalue weighted by Gasteiger charge is 2.13. The summed E-state index contributed by atoms with van der Waals surface area (Å²) in [5.41, 5.74) is 0. The zero-order chi connectivity index (χ0) is 10.8. The van der Waals surface area contributed by atoms with Gasteiger partial charge in [0.25, 0.3) is 0 Å². The largest absolute Gasteiger partial charge is 0.449 e. The Hall–Kier alpha value is -0.0300. The number of carbonyl (C=O) groups excluding carboxylic acids is 1. The first-order valence-corrected chi connectivity index (χ1v) is 6.84. The van der Waals surface area contributed by atoms with Gasteiger partial charge in [-0.2, -0.15) is 0 Å². The maximum absolute atomic E-state index is 11.4. The molecule has 0 heterocycles. The summed E-state index contributed by atoms with van der Waals surface area (Å²) in [5.74, 6) is 0. The highest BCUT2D eigenvalue weighted by atomic mass is 33.1. The van der Waals surface area contributed by atoms with E-state index in [9.17, 15) is 4.79 Å². The van der Waals surface area contributed by atoms with E-state index in [1.54, 1.807) is 4.31 Å². The van der Waals surface area contributed by atoms with E-state index in [4.69, 9.17) is 4.74 Å². The first-order chi connectivity index (χ1) is 6.76. The van der Waals surface area contributed by atoms with Crippen LogP contribution < -0.4 is 0 Å². The van der Waals surface area contributed by atoms with Crippen LogP contribution in [0.2, 0.25) is 0 Å². The molecule has 0 fully saturated rings. The Labute approximate surface area is 95.5 Å². The number of unbranched alkanes of at least 4 members (excludes halogenated alkanes) is 2. The molecule has 14 heavy (non-hydrogen) atoms. The maximum atomic E-state index is 11.4. The Bertz CT molecular complexity index is 156. The molecule has 0 radical (unpaired) electrons. The summed E-state index contributed by atoms with van der Waals surface area (Å²) < 4.78 is 6.59. The normalized spacial score (nSPS) is 9.93. The Kier molecular flexibility index (Phi) is 9.50. The zero-order valence-corrected chi connectivity index (χ0v) is 10.6. The second-order valence-electron chi connectivity index (χ2n) is 3.01. The average Bonchev–Trinajstić information content (AvgIpc) is 2.19. The third kappa shape index (κ3) is 6.43. The van der Waals surface area contributed by atoms with Gasteiger partial charge in [0.2, 0.25) is 0 Å². The summed E-state index contributed by atoms with van der Waals surface area (Å²) in [6, 6.07) is 0. The highest BCUT2D eigenvalue weighted by Crippen LogP contribution is 2.16. The van der Waals surface area contributed by atoms with E-state index >= 15 is 0 Å². The quantitative estimate of drug-likeness (QED) is 0.318. The van der Waals surface area contributed by atoms with Gasteiger partial charge in [-0.15, -0.1) is 0 Å². The fourth-order valence-corrected chi connectivity index (χ4v) is 1.62. The Morgan fingerprint density at radius 2 is 2.00 bits per heavy atom. The molecule has 0 saturated carbocycles. The van der Waals surface area contributed by atoms with Crippen LogP contribution in [0.4, 0.5) is 4.79 Å². The molecule has 0 aliphatic heterocycles. The lowest BCUT2D eigenvalue weighted by molar-refractivity contribution is 0.126. The molecule has 0 aromatic rings. The molecule has 1 amide bonds. The fourth-order valence-electron chi connectivity index (χ4n) is 0.843. The van der Waals surface area contributed by atoms with Crippen LogP contribution in [0.15, 0.2) is 0 Å². The number of amides is 1. The van der Waals surface area contributed by atoms with Crippen molar-refractivity contribution in [2.75, 3.05) is 13.2 Å². The van der Waals surface area contributed by atoms with E-state index in [2.05, 4.69) is 25.5 Å². The summed E-state index contributed by atoms with van der Waals surface area (Å²) in [6.45, 7) is 5.36. The van der Waals surface area contributed by atoms with Crippen LogP contribution in [0, 0.1) is 0 Å². The zero-order valence-electron chi connectivity index (χ0n) is 8.86. The summed E-state index contributed by atoms with van der Waals surface area (Å²) in [6.07, 6.45) is 3.73. The van der Waals surface area contributed by atoms with Crippen molar-refractivity contribution < 1.29 is 9.53 Å². The summed E-state index contributed by atoms with van der Waals surface area (Å²) in [7, 11) is 1.13. The Morgan fingerprint density at radius 1 is 1.36 bits per heavy atom. The van der Waals surface area contributed by atoms with E-state index in [-0.39, 0.29) is 6.09 Å². The van der Waals surface area contributed by atoms with Crippen LogP contribution in [0.5, 0.6) is 0 Å². The molecule has 0 bridgehead atoms. The van der Waals surface area contributed by atoms with Crippen molar-refractivity contribution in [2.24, 2.45) is 0 Å². The Balaban J connectivity index is 3.67. The van der Waals surface area contributed by atoms with Crippen molar-refractivity contribution in [3.05, 3.63) is 0 Å². The molecule has 0 spiro atoms. The number of nitrogens with zero attached hydrogens (tertiary/aromatic N) is 1. The molecular weight excluding hydrogens is 218 g/mol. The van der Waals surface area contributed by atoms with Gasteiger partial charge in [-0.1, -0.05) is 38.3 Å². The van der Waals surface area contributed by atoms with Crippen LogP contribution in [-0.2, 0) is 4.74 Å². The van der Waals surface area contributed by atoms with Crippen LogP contribution in [0.1, 0.15) is 39.5 Å². The van der Waals surface area contributed by atoms with Crippen molar-refractivity contribution >= 4 is 28.7 Å². The molecule has 0 aromatic carbocycles. The van der Waals surface area contributed by atoms with Gasteiger partial charge >= 0.3 is 6.09 Å². The van der Waals surface area contributed by atoms with Crippen LogP contribution in [0.25, 0.3) is 0 Å². The second kappa shape index (κ2) is 9.52. The summed E-state index contributed by atoms with van der Waals surface area (Å²) in [5, 5.41) is 0. The lowest BCUT2D eigenvalue weighted by Gasteiger charge is -2.17. The van der Waals surface area contributed by atoms with E-state index in [1.807, 2.05) is 0 Å². The molecule has 0 unspecified atom stereocenters. The van der Waals surface area contributed by atoms with Crippen LogP contribution in [-0.4, -0.2) is 23.6 Å². The van der Waals surface area contributed by atoms with Gasteiger partial charge in [-0.25, -0.2) is 9.10 Å². The first-order valence-electron chi connectivity index (χ1n) is 5.02. The van der Waals surface area contributed by atoms with E-state index in [1.165, 1.54) is 0 Å². The number of hydrogen-bond donors (Lipinski definition) is 1. The SMILES string of the molecule is CCCCOC(=O)N(CCCC)SS. The number of thiol groups is 1. The van der Waals surface area contributed by atoms with Crippen molar-refractivity contribution in [1.82, 2.24) is 4.31 Å². The van der Waals surface area contributed by atoms with Crippen molar-refractivity contribution in [2.45, 2.75) is 39.5 Å². The molecule has 0 aliphatic carbocycles. The van der Waals surface area contributed by atoms with Gasteiger partial charge < -0.3 is 4.74 Å². The molecule has 0 saturated heterocycles. The molecular formula is C9H19NO2S2. The lowest BCUT2D eigenvalue weighted by Crippen LogP contribution is -2.25. The second-order valence-corrected chi connectivity index (χ2v) is 4.10. The van der Waals surface area contributed by atoms with Crippen molar-refractivity contribution in [3.63, 3.8) is 0 Å². The van der Waals surface area contributed by atoms with Gasteiger partial charge in [0, 0.05) is 17.5 Å². The molecule has 0 rings (SSSR count). The molecule has 5 heteroatoms. The Morgan fingerprint density at radius 3 is 2.50 bits per heavy atom. The molecule has 0 atom stereocenters. The number of carbonyl (C=O) groups is 1. The minimum Gasteiger partial charge on any atom is -0.449 e. The molecule has 0 aromatic heterocycles. The number of ether oxygens (including phenoxy) is 1. The predicted octanol–water partition coefficient (Wildman–Crippen LogP) is 3.52. The van der Waals surface area contributed by atoms with Crippen molar-refractivity contribution in [1.29, 1.82) is 0 Å². The first kappa shape index (κ1) is 14.0. The average molecular weight is 237 g/mol. The van der Waals surface area contributed by atoms with Gasteiger partial charge in [0.15, 0.2) is 0 Å². The van der Waals surface area contributed by atoms with Gasteiger partial charge in [-0.05, 0) is 12.8 Å². The number of rotatable bonds is 7. The van der Waals surface area contributed by atoms with E-state index in [0.29, 0.717) is 13.2 Å². The molecule has 0 aliphatic rings. The maximum Gasteiger partial charge on any atom is 0.420 e. The predicted molar refractivity (Wildman–Crippen MR) is 64.4 cm³/mol. The topological polar surface area (TPSA) is 29.5 Å². The molecule has 3 nitrogen and oxygen atoms in total. The molecule has 84 valence electrons. The standard InChI is InChI=1S/C9H19NO2S2/c1-3-5-7-10(14-13)9(11)12-8-6-4-2/h13H,3-8H2,1-2H3. The van der Waals surface area contributed by atoms with E-state index in [0.717, 1.165) is 36.7 Å². The smallest absolute Gasteiger partial charge is 0.420 e. The van der Waals surface area contributed by atoms with Crippen molar-refractivity contribution in [3.8, 4) is 0 Å². The van der Waals surface area contributed by atoms with Crippen LogP contribution >= 0.6 is 22.6 Å². The van der Waals surface area contributed by atoms with Gasteiger partial charge in [0.05, 0.1) is 6.61 Å². The monoisotopic (exact) mass is 237 g/mol. The lowest BCUT2D eigenvalue weighted by atomic mass is 10.3. The molecule has 0 N–H and O–H groups in total. The fraction of sp³-hybridized carbons (Fsp3) is 0.889. The minimum absolute atomic E-state index is 0.271. The summed E-state index contributed by atoms with van der Waals surface area (Å²) in [4.78, 5) is 11.4. The van der Waals surface area contributed by atoms with E-state index < -0.39 is 0 Å². The third-order valence-corrected chi connectivity index (χ3v) is 2.86.